The molecule has 5 rings (SSSR count). The van der Waals surface area contributed by atoms with E-state index in [2.05, 4.69) is 26.6 Å². The minimum atomic E-state index is 0. The monoisotopic (exact) mass is 588 g/mol. The lowest BCUT2D eigenvalue weighted by Gasteiger charge is -2.27. The minimum Gasteiger partial charge on any atom is -0.378 e. The van der Waals surface area contributed by atoms with Crippen molar-refractivity contribution in [2.75, 3.05) is 70.9 Å². The molecule has 0 saturated carbocycles. The number of amides is 1. The summed E-state index contributed by atoms with van der Waals surface area (Å²) in [6.07, 6.45) is 2.95. The van der Waals surface area contributed by atoms with E-state index in [0.29, 0.717) is 32.3 Å². The number of rotatable bonds is 7. The zero-order valence-electron chi connectivity index (χ0n) is 20.9. The molecule has 2 fully saturated rings. The first kappa shape index (κ1) is 31.5. The summed E-state index contributed by atoms with van der Waals surface area (Å²) in [4.78, 5) is 27.7. The molecule has 37 heavy (non-hydrogen) atoms. The van der Waals surface area contributed by atoms with Crippen molar-refractivity contribution in [3.63, 3.8) is 0 Å². The summed E-state index contributed by atoms with van der Waals surface area (Å²) in [5.74, 6) is 0.743. The number of thiophene rings is 1. The van der Waals surface area contributed by atoms with Crippen molar-refractivity contribution >= 4 is 70.5 Å². The number of hydrogen-bond acceptors (Lipinski definition) is 8. The number of hydrogen-bond donors (Lipinski definition) is 2. The van der Waals surface area contributed by atoms with Crippen LogP contribution in [0, 0.1) is 6.92 Å². The quantitative estimate of drug-likeness (QED) is 0.402. The number of carbonyl (C=O) groups is 1. The van der Waals surface area contributed by atoms with E-state index in [1.807, 2.05) is 36.2 Å². The van der Waals surface area contributed by atoms with Gasteiger partial charge in [0.15, 0.2) is 0 Å². The molecule has 0 radical (unpaired) electrons. The molecule has 0 unspecified atom stereocenters. The van der Waals surface area contributed by atoms with Crippen LogP contribution in [0.4, 0.5) is 5.95 Å². The van der Waals surface area contributed by atoms with Gasteiger partial charge in [-0.25, -0.2) is 9.97 Å². The number of aromatic nitrogens is 2. The molecule has 204 valence electrons. The molecular formula is C25H35Cl3N6O2S. The maximum atomic E-state index is 12.9. The van der Waals surface area contributed by atoms with E-state index >= 15 is 0 Å². The van der Waals surface area contributed by atoms with Gasteiger partial charge >= 0.3 is 0 Å². The number of carbonyl (C=O) groups excluding carboxylic acids is 1. The van der Waals surface area contributed by atoms with Crippen LogP contribution in [-0.2, 0) is 4.74 Å². The lowest BCUT2D eigenvalue weighted by atomic mass is 10.1. The van der Waals surface area contributed by atoms with Crippen molar-refractivity contribution in [1.29, 1.82) is 0 Å². The van der Waals surface area contributed by atoms with Crippen LogP contribution >= 0.6 is 48.6 Å². The van der Waals surface area contributed by atoms with E-state index in [0.717, 1.165) is 77.5 Å². The predicted molar refractivity (Wildman–Crippen MR) is 158 cm³/mol. The molecule has 0 bridgehead atoms. The van der Waals surface area contributed by atoms with Gasteiger partial charge in [-0.15, -0.1) is 48.6 Å². The summed E-state index contributed by atoms with van der Waals surface area (Å²) in [7, 11) is 0. The number of fused-ring (bicyclic) bond motifs is 1. The second-order valence-electron chi connectivity index (χ2n) is 8.87. The van der Waals surface area contributed by atoms with Gasteiger partial charge in [-0.1, -0.05) is 6.07 Å². The molecule has 1 amide bonds. The molecule has 3 aromatic rings. The summed E-state index contributed by atoms with van der Waals surface area (Å²) < 4.78 is 6.47. The third-order valence-electron chi connectivity index (χ3n) is 6.41. The topological polar surface area (TPSA) is 82.6 Å². The van der Waals surface area contributed by atoms with Crippen LogP contribution in [0.15, 0.2) is 30.5 Å². The molecule has 4 heterocycles. The molecule has 2 N–H and O–H groups in total. The largest absolute Gasteiger partial charge is 0.378 e. The predicted octanol–water partition coefficient (Wildman–Crippen LogP) is 4.11. The number of benzene rings is 1. The van der Waals surface area contributed by atoms with Gasteiger partial charge < -0.3 is 25.2 Å². The van der Waals surface area contributed by atoms with Crippen LogP contribution in [0.3, 0.4) is 0 Å². The van der Waals surface area contributed by atoms with Crippen molar-refractivity contribution < 1.29 is 9.53 Å². The van der Waals surface area contributed by atoms with Gasteiger partial charge in [-0.3, -0.25) is 4.79 Å². The van der Waals surface area contributed by atoms with E-state index in [1.165, 1.54) is 0 Å². The van der Waals surface area contributed by atoms with Gasteiger partial charge in [0.2, 0.25) is 5.95 Å². The van der Waals surface area contributed by atoms with Crippen molar-refractivity contribution in [2.45, 2.75) is 13.3 Å². The highest BCUT2D eigenvalue weighted by molar-refractivity contribution is 7.22. The Labute approximate surface area is 240 Å². The van der Waals surface area contributed by atoms with Crippen molar-refractivity contribution in [2.24, 2.45) is 0 Å². The number of piperazine rings is 1. The van der Waals surface area contributed by atoms with Crippen LogP contribution in [0.25, 0.3) is 20.7 Å². The summed E-state index contributed by atoms with van der Waals surface area (Å²) in [5, 5.41) is 7.91. The Balaban J connectivity index is 0.00000160. The Kier molecular flexibility index (Phi) is 12.8. The van der Waals surface area contributed by atoms with Gasteiger partial charge in [0.25, 0.3) is 5.91 Å². The summed E-state index contributed by atoms with van der Waals surface area (Å²) in [5.41, 5.74) is 2.72. The standard InChI is InChI=1S/C25H32N6O2S.3ClH/c1-18-17-28-25(27-5-2-8-30-9-6-26-7-10-30)29-23(18)22-15-19-3-4-20(16-21(19)34-22)24(32)31-11-13-33-14-12-31;;;/h3-4,15-17,26H,2,5-14H2,1H3,(H,27,28,29);3*1H. The zero-order valence-corrected chi connectivity index (χ0v) is 24.2. The normalized spacial score (nSPS) is 15.9. The average Bonchev–Trinajstić information content (AvgIpc) is 3.31. The van der Waals surface area contributed by atoms with Crippen LogP contribution in [0.2, 0.25) is 0 Å². The zero-order chi connectivity index (χ0) is 23.3. The Morgan fingerprint density at radius 3 is 2.62 bits per heavy atom. The SMILES string of the molecule is Cc1cnc(NCCCN2CCNCC2)nc1-c1cc2ccc(C(=O)N3CCOCC3)cc2s1.Cl.Cl.Cl. The maximum absolute atomic E-state index is 12.9. The Morgan fingerprint density at radius 1 is 1.11 bits per heavy atom. The summed E-state index contributed by atoms with van der Waals surface area (Å²) in [6.45, 7) is 10.9. The molecule has 0 aliphatic carbocycles. The van der Waals surface area contributed by atoms with Gasteiger partial charge in [0.1, 0.15) is 0 Å². The van der Waals surface area contributed by atoms with Crippen LogP contribution in [0.5, 0.6) is 0 Å². The fraction of sp³-hybridized carbons (Fsp3) is 0.480. The minimum absolute atomic E-state index is 0. The first-order chi connectivity index (χ1) is 16.7. The molecule has 2 aliphatic rings. The van der Waals surface area contributed by atoms with E-state index in [9.17, 15) is 4.79 Å². The third-order valence-corrected chi connectivity index (χ3v) is 7.52. The Bertz CT molecular complexity index is 1150. The molecule has 2 saturated heterocycles. The highest BCUT2D eigenvalue weighted by Crippen LogP contribution is 2.35. The van der Waals surface area contributed by atoms with E-state index < -0.39 is 0 Å². The molecule has 0 atom stereocenters. The molecule has 12 heteroatoms. The Morgan fingerprint density at radius 2 is 1.86 bits per heavy atom. The summed E-state index contributed by atoms with van der Waals surface area (Å²) in [6, 6.07) is 8.13. The van der Waals surface area contributed by atoms with Crippen LogP contribution in [0.1, 0.15) is 22.3 Å². The third kappa shape index (κ3) is 7.89. The maximum Gasteiger partial charge on any atom is 0.254 e. The lowest BCUT2D eigenvalue weighted by Crippen LogP contribution is -2.44. The average molecular weight is 590 g/mol. The number of morpholine rings is 1. The highest BCUT2D eigenvalue weighted by Gasteiger charge is 2.19. The van der Waals surface area contributed by atoms with Crippen molar-refractivity contribution in [3.8, 4) is 10.6 Å². The molecule has 1 aromatic carbocycles. The molecular weight excluding hydrogens is 555 g/mol. The van der Waals surface area contributed by atoms with Crippen molar-refractivity contribution in [3.05, 3.63) is 41.6 Å². The first-order valence-electron chi connectivity index (χ1n) is 12.1. The number of aryl methyl sites for hydroxylation is 1. The van der Waals surface area contributed by atoms with E-state index in [-0.39, 0.29) is 43.1 Å². The number of halogens is 3. The van der Waals surface area contributed by atoms with Crippen LogP contribution < -0.4 is 10.6 Å². The molecule has 8 nitrogen and oxygen atoms in total. The fourth-order valence-electron chi connectivity index (χ4n) is 4.44. The highest BCUT2D eigenvalue weighted by atomic mass is 35.5. The number of nitrogens with zero attached hydrogens (tertiary/aromatic N) is 4. The molecule has 2 aliphatic heterocycles. The number of nitrogens with one attached hydrogen (secondary N) is 2. The Hall–Kier alpha value is -1.72. The lowest BCUT2D eigenvalue weighted by molar-refractivity contribution is 0.0303. The van der Waals surface area contributed by atoms with Crippen LogP contribution in [-0.4, -0.2) is 91.2 Å². The van der Waals surface area contributed by atoms with Gasteiger partial charge in [-0.05, 0) is 49.0 Å². The number of anilines is 1. The second-order valence-corrected chi connectivity index (χ2v) is 9.95. The van der Waals surface area contributed by atoms with Gasteiger partial charge in [0, 0.05) is 62.3 Å². The van der Waals surface area contributed by atoms with Gasteiger partial charge in [0.05, 0.1) is 23.8 Å². The van der Waals surface area contributed by atoms with E-state index in [1.54, 1.807) is 11.3 Å². The van der Waals surface area contributed by atoms with Crippen molar-refractivity contribution in [1.82, 2.24) is 25.1 Å². The number of ether oxygens (including phenoxy) is 1. The molecule has 2 aromatic heterocycles. The fourth-order valence-corrected chi connectivity index (χ4v) is 5.60. The second kappa shape index (κ2) is 15.0. The van der Waals surface area contributed by atoms with Gasteiger partial charge in [-0.2, -0.15) is 0 Å². The smallest absolute Gasteiger partial charge is 0.254 e. The molecule has 0 spiro atoms. The first-order valence-corrected chi connectivity index (χ1v) is 12.9. The summed E-state index contributed by atoms with van der Waals surface area (Å²) >= 11 is 1.67. The van der Waals surface area contributed by atoms with E-state index in [4.69, 9.17) is 9.72 Å².